The number of nitrogen functional groups attached to an aromatic ring is 1. The molecule has 0 aliphatic rings. The van der Waals surface area contributed by atoms with Crippen molar-refractivity contribution in [2.24, 2.45) is 0 Å². The van der Waals surface area contributed by atoms with Crippen molar-refractivity contribution in [2.45, 2.75) is 19.9 Å². The Bertz CT molecular complexity index is 430. The van der Waals surface area contributed by atoms with Gasteiger partial charge in [-0.05, 0) is 26.0 Å². The zero-order valence-corrected chi connectivity index (χ0v) is 7.73. The van der Waals surface area contributed by atoms with Crippen LogP contribution < -0.4 is 5.73 Å². The second-order valence-corrected chi connectivity index (χ2v) is 3.28. The molecule has 0 atom stereocenters. The van der Waals surface area contributed by atoms with Crippen LogP contribution in [0, 0.1) is 0 Å². The summed E-state index contributed by atoms with van der Waals surface area (Å²) >= 11 is 0. The summed E-state index contributed by atoms with van der Waals surface area (Å²) in [6, 6.07) is 4.07. The highest BCUT2D eigenvalue weighted by atomic mass is 15.2. The number of anilines is 1. The van der Waals surface area contributed by atoms with Gasteiger partial charge in [0.05, 0.1) is 0 Å². The van der Waals surface area contributed by atoms with Gasteiger partial charge in [-0.15, -0.1) is 0 Å². The molecular weight excluding hydrogens is 164 g/mol. The lowest BCUT2D eigenvalue weighted by molar-refractivity contribution is 0.622. The normalized spacial score (nSPS) is 11.3. The van der Waals surface area contributed by atoms with E-state index in [1.165, 1.54) is 0 Å². The predicted octanol–water partition coefficient (Wildman–Crippen LogP) is 1.59. The molecule has 68 valence electrons. The lowest BCUT2D eigenvalue weighted by atomic mass is 10.4. The number of nitrogens with two attached hydrogens (primary N) is 1. The zero-order chi connectivity index (χ0) is 9.42. The van der Waals surface area contributed by atoms with Gasteiger partial charge in [-0.3, -0.25) is 4.57 Å². The predicted molar refractivity (Wildman–Crippen MR) is 52.3 cm³/mol. The fourth-order valence-corrected chi connectivity index (χ4v) is 1.46. The number of pyridine rings is 1. The molecule has 0 unspecified atom stereocenters. The lowest BCUT2D eigenvalue weighted by Crippen LogP contribution is -2.05. The van der Waals surface area contributed by atoms with Gasteiger partial charge in [-0.1, -0.05) is 0 Å². The first-order chi connectivity index (χ1) is 6.20. The van der Waals surface area contributed by atoms with E-state index < -0.39 is 0 Å². The number of hydrogen-bond acceptors (Lipinski definition) is 3. The number of aromatic nitrogens is 3. The minimum atomic E-state index is 0.292. The summed E-state index contributed by atoms with van der Waals surface area (Å²) < 4.78 is 1.93. The highest BCUT2D eigenvalue weighted by Gasteiger charge is 2.10. The van der Waals surface area contributed by atoms with Gasteiger partial charge in [0.25, 0.3) is 0 Å². The summed E-state index contributed by atoms with van der Waals surface area (Å²) in [5.74, 6) is 0.531. The van der Waals surface area contributed by atoms with Gasteiger partial charge < -0.3 is 5.73 Å². The van der Waals surface area contributed by atoms with Crippen LogP contribution in [0.5, 0.6) is 0 Å². The minimum absolute atomic E-state index is 0.292. The van der Waals surface area contributed by atoms with Crippen LogP contribution in [0.15, 0.2) is 18.3 Å². The van der Waals surface area contributed by atoms with E-state index >= 15 is 0 Å². The first-order valence-electron chi connectivity index (χ1n) is 4.28. The molecule has 4 nitrogen and oxygen atoms in total. The second-order valence-electron chi connectivity index (χ2n) is 3.28. The maximum absolute atomic E-state index is 5.77. The Labute approximate surface area is 76.4 Å². The quantitative estimate of drug-likeness (QED) is 0.717. The van der Waals surface area contributed by atoms with Crippen molar-refractivity contribution in [1.29, 1.82) is 0 Å². The molecule has 13 heavy (non-hydrogen) atoms. The largest absolute Gasteiger partial charge is 0.369 e. The number of rotatable bonds is 1. The van der Waals surface area contributed by atoms with Crippen LogP contribution in [-0.4, -0.2) is 14.5 Å². The van der Waals surface area contributed by atoms with E-state index in [1.54, 1.807) is 6.20 Å². The zero-order valence-electron chi connectivity index (χ0n) is 7.73. The van der Waals surface area contributed by atoms with E-state index in [2.05, 4.69) is 23.8 Å². The van der Waals surface area contributed by atoms with Crippen molar-refractivity contribution in [1.82, 2.24) is 14.5 Å². The highest BCUT2D eigenvalue weighted by molar-refractivity contribution is 5.73. The Hall–Kier alpha value is -1.58. The third kappa shape index (κ3) is 1.14. The molecule has 0 fully saturated rings. The standard InChI is InChI=1S/C9H12N4/c1-6(2)13-8-7(12-9(13)10)4-3-5-11-8/h3-6H,1-2H3,(H2,10,12). The first-order valence-corrected chi connectivity index (χ1v) is 4.28. The highest BCUT2D eigenvalue weighted by Crippen LogP contribution is 2.19. The molecule has 2 heterocycles. The van der Waals surface area contributed by atoms with Gasteiger partial charge in [0.1, 0.15) is 5.52 Å². The number of hydrogen-bond donors (Lipinski definition) is 1. The summed E-state index contributed by atoms with van der Waals surface area (Å²) in [6.45, 7) is 4.12. The van der Waals surface area contributed by atoms with Crippen LogP contribution in [0.25, 0.3) is 11.2 Å². The molecule has 0 saturated heterocycles. The SMILES string of the molecule is CC(C)n1c(N)nc2cccnc21. The van der Waals surface area contributed by atoms with E-state index in [9.17, 15) is 0 Å². The Kier molecular flexibility index (Phi) is 1.69. The van der Waals surface area contributed by atoms with E-state index in [4.69, 9.17) is 5.73 Å². The molecule has 0 spiro atoms. The van der Waals surface area contributed by atoms with Gasteiger partial charge >= 0.3 is 0 Å². The molecule has 0 aromatic carbocycles. The molecule has 4 heteroatoms. The number of nitrogens with zero attached hydrogens (tertiary/aromatic N) is 3. The molecular formula is C9H12N4. The first kappa shape index (κ1) is 8.04. The molecule has 0 aliphatic heterocycles. The second kappa shape index (κ2) is 2.73. The molecule has 0 radical (unpaired) electrons. The summed E-state index contributed by atoms with van der Waals surface area (Å²) in [4.78, 5) is 8.46. The maximum atomic E-state index is 5.77. The van der Waals surface area contributed by atoms with Crippen LogP contribution >= 0.6 is 0 Å². The van der Waals surface area contributed by atoms with Crippen molar-refractivity contribution in [2.75, 3.05) is 5.73 Å². The Morgan fingerprint density at radius 1 is 1.46 bits per heavy atom. The summed E-state index contributed by atoms with van der Waals surface area (Å²) in [6.07, 6.45) is 1.75. The van der Waals surface area contributed by atoms with Crippen LogP contribution in [0.1, 0.15) is 19.9 Å². The smallest absolute Gasteiger partial charge is 0.202 e. The molecule has 0 saturated carbocycles. The molecule has 2 aromatic heterocycles. The van der Waals surface area contributed by atoms with E-state index in [-0.39, 0.29) is 0 Å². The third-order valence-corrected chi connectivity index (χ3v) is 1.99. The van der Waals surface area contributed by atoms with E-state index in [1.807, 2.05) is 16.7 Å². The topological polar surface area (TPSA) is 56.7 Å². The monoisotopic (exact) mass is 176 g/mol. The Morgan fingerprint density at radius 2 is 2.23 bits per heavy atom. The summed E-state index contributed by atoms with van der Waals surface area (Å²) in [5.41, 5.74) is 7.48. The molecule has 0 amide bonds. The van der Waals surface area contributed by atoms with Crippen molar-refractivity contribution in [3.8, 4) is 0 Å². The molecule has 0 aliphatic carbocycles. The minimum Gasteiger partial charge on any atom is -0.369 e. The Balaban J connectivity index is 2.78. The average Bonchev–Trinajstić information content (AvgIpc) is 2.39. The van der Waals surface area contributed by atoms with Gasteiger partial charge in [-0.25, -0.2) is 9.97 Å². The molecule has 2 rings (SSSR count). The summed E-state index contributed by atoms with van der Waals surface area (Å²) in [7, 11) is 0. The van der Waals surface area contributed by atoms with Crippen LogP contribution in [0.4, 0.5) is 5.95 Å². The van der Waals surface area contributed by atoms with Crippen LogP contribution in [-0.2, 0) is 0 Å². The number of fused-ring (bicyclic) bond motifs is 1. The summed E-state index contributed by atoms with van der Waals surface area (Å²) in [5, 5.41) is 0. The number of imidazole rings is 1. The fourth-order valence-electron chi connectivity index (χ4n) is 1.46. The molecule has 2 aromatic rings. The van der Waals surface area contributed by atoms with Crippen LogP contribution in [0.3, 0.4) is 0 Å². The van der Waals surface area contributed by atoms with E-state index in [0.29, 0.717) is 12.0 Å². The van der Waals surface area contributed by atoms with Gasteiger partial charge in [0.2, 0.25) is 5.95 Å². The molecule has 2 N–H and O–H groups in total. The third-order valence-electron chi connectivity index (χ3n) is 1.99. The maximum Gasteiger partial charge on any atom is 0.202 e. The van der Waals surface area contributed by atoms with Crippen molar-refractivity contribution in [3.63, 3.8) is 0 Å². The van der Waals surface area contributed by atoms with Crippen LogP contribution in [0.2, 0.25) is 0 Å². The van der Waals surface area contributed by atoms with Gasteiger partial charge in [0, 0.05) is 12.2 Å². The fraction of sp³-hybridized carbons (Fsp3) is 0.333. The average molecular weight is 176 g/mol. The van der Waals surface area contributed by atoms with E-state index in [0.717, 1.165) is 11.2 Å². The van der Waals surface area contributed by atoms with Crippen molar-refractivity contribution in [3.05, 3.63) is 18.3 Å². The van der Waals surface area contributed by atoms with Gasteiger partial charge in [0.15, 0.2) is 5.65 Å². The van der Waals surface area contributed by atoms with Crippen molar-refractivity contribution < 1.29 is 0 Å². The Morgan fingerprint density at radius 3 is 2.92 bits per heavy atom. The molecule has 0 bridgehead atoms. The van der Waals surface area contributed by atoms with Gasteiger partial charge in [-0.2, -0.15) is 0 Å². The van der Waals surface area contributed by atoms with Crippen molar-refractivity contribution >= 4 is 17.1 Å². The lowest BCUT2D eigenvalue weighted by Gasteiger charge is -2.08.